The maximum atomic E-state index is 15.7. The Hall–Kier alpha value is -5.12. The van der Waals surface area contributed by atoms with Gasteiger partial charge in [-0.3, -0.25) is 0 Å². The fourth-order valence-electron chi connectivity index (χ4n) is 6.73. The van der Waals surface area contributed by atoms with Crippen molar-refractivity contribution in [1.82, 2.24) is 0 Å². The van der Waals surface area contributed by atoms with E-state index in [4.69, 9.17) is 0 Å². The van der Waals surface area contributed by atoms with E-state index in [1.165, 1.54) is 0 Å². The van der Waals surface area contributed by atoms with Gasteiger partial charge in [0.05, 0.1) is 0 Å². The van der Waals surface area contributed by atoms with E-state index in [1.54, 1.807) is 11.3 Å². The molecule has 0 saturated heterocycles. The Morgan fingerprint density at radius 3 is 1.55 bits per heavy atom. The lowest BCUT2D eigenvalue weighted by Gasteiger charge is -2.15. The highest BCUT2D eigenvalue weighted by Crippen LogP contribution is 2.46. The minimum atomic E-state index is -0.207. The van der Waals surface area contributed by atoms with Crippen LogP contribution in [0.1, 0.15) is 22.9 Å². The van der Waals surface area contributed by atoms with Crippen molar-refractivity contribution >= 4 is 76.2 Å². The van der Waals surface area contributed by atoms with E-state index < -0.39 is 0 Å². The first kappa shape index (κ1) is 26.5. The second kappa shape index (κ2) is 10.3. The van der Waals surface area contributed by atoms with Gasteiger partial charge in [0, 0.05) is 42.1 Å². The van der Waals surface area contributed by atoms with Crippen molar-refractivity contribution < 1.29 is 8.78 Å². The van der Waals surface area contributed by atoms with Gasteiger partial charge in [0.1, 0.15) is 11.6 Å². The predicted molar refractivity (Wildman–Crippen MR) is 186 cm³/mol. The molecule has 0 unspecified atom stereocenters. The number of halogens is 2. The molecule has 0 bridgehead atoms. The number of allylic oxidation sites excluding steroid dienone is 1. The van der Waals surface area contributed by atoms with Crippen molar-refractivity contribution in [3.63, 3.8) is 0 Å². The molecule has 7 aromatic carbocycles. The molecule has 0 amide bonds. The van der Waals surface area contributed by atoms with Crippen LogP contribution in [0.5, 0.6) is 0 Å². The number of fused-ring (bicyclic) bond motifs is 5. The molecule has 0 fully saturated rings. The van der Waals surface area contributed by atoms with Crippen LogP contribution in [-0.4, -0.2) is 0 Å². The summed E-state index contributed by atoms with van der Waals surface area (Å²) in [6, 6.07) is 37.3. The molecule has 0 spiro atoms. The van der Waals surface area contributed by atoms with Gasteiger partial charge in [-0.25, -0.2) is 8.78 Å². The van der Waals surface area contributed by atoms with E-state index in [9.17, 15) is 0 Å². The summed E-state index contributed by atoms with van der Waals surface area (Å²) in [5, 5.41) is 7.02. The minimum Gasteiger partial charge on any atom is -0.206 e. The highest BCUT2D eigenvalue weighted by atomic mass is 32.1. The van der Waals surface area contributed by atoms with E-state index >= 15 is 8.78 Å². The summed E-state index contributed by atoms with van der Waals surface area (Å²) in [6.07, 6.45) is 4.18. The maximum Gasteiger partial charge on any atom is 0.138 e. The van der Waals surface area contributed by atoms with Crippen LogP contribution in [0.2, 0.25) is 0 Å². The number of hydrogen-bond donors (Lipinski definition) is 0. The first-order chi connectivity index (χ1) is 21.6. The molecule has 1 heterocycles. The molecule has 0 aliphatic heterocycles. The van der Waals surface area contributed by atoms with Crippen molar-refractivity contribution in [2.24, 2.45) is 0 Å². The standard InChI is InChI=1S/C41H26F2S/c1-3-12-35-26-22-21-25(38-29-15-6-10-19-33(29)40(43)34-20-11-7-16-30(34)38)23-36(26)44-41(35)24(2)37-27-13-4-8-17-31(27)39(42)32-18-9-5-14-28(32)37/h3-23H,2H2,1H3/b12-3-. The van der Waals surface area contributed by atoms with Gasteiger partial charge in [-0.05, 0) is 56.8 Å². The van der Waals surface area contributed by atoms with Crippen molar-refractivity contribution in [2.45, 2.75) is 6.92 Å². The molecule has 44 heavy (non-hydrogen) atoms. The molecule has 0 saturated carbocycles. The van der Waals surface area contributed by atoms with E-state index in [-0.39, 0.29) is 11.6 Å². The Kier molecular flexibility index (Phi) is 6.18. The average Bonchev–Trinajstić information content (AvgIpc) is 3.43. The Labute approximate surface area is 257 Å². The molecule has 8 rings (SSSR count). The molecular weight excluding hydrogens is 563 g/mol. The summed E-state index contributed by atoms with van der Waals surface area (Å²) in [4.78, 5) is 1.05. The topological polar surface area (TPSA) is 0 Å². The number of rotatable bonds is 4. The fraction of sp³-hybridized carbons (Fsp3) is 0.0244. The van der Waals surface area contributed by atoms with Crippen LogP contribution in [0.15, 0.2) is 128 Å². The van der Waals surface area contributed by atoms with E-state index in [0.717, 1.165) is 64.3 Å². The summed E-state index contributed by atoms with van der Waals surface area (Å²) in [7, 11) is 0. The minimum absolute atomic E-state index is 0.190. The summed E-state index contributed by atoms with van der Waals surface area (Å²) in [5.41, 5.74) is 4.97. The molecule has 210 valence electrons. The first-order valence-electron chi connectivity index (χ1n) is 14.6. The number of benzene rings is 7. The van der Waals surface area contributed by atoms with Gasteiger partial charge in [0.2, 0.25) is 0 Å². The SMILES string of the molecule is C=C(c1sc2cc(-c3c4ccccc4c(F)c4ccccc34)ccc2c1/C=C\C)c1c2ccccc2c(F)c2ccccc12. The number of thiophene rings is 1. The Balaban J connectivity index is 1.40. The zero-order valence-corrected chi connectivity index (χ0v) is 24.8. The summed E-state index contributed by atoms with van der Waals surface area (Å²) in [5.74, 6) is -0.397. The van der Waals surface area contributed by atoms with E-state index in [2.05, 4.69) is 30.9 Å². The van der Waals surface area contributed by atoms with Crippen LogP contribution < -0.4 is 0 Å². The van der Waals surface area contributed by atoms with Gasteiger partial charge in [0.15, 0.2) is 0 Å². The predicted octanol–water partition coefficient (Wildman–Crippen LogP) is 12.6. The first-order valence-corrected chi connectivity index (χ1v) is 15.5. The Morgan fingerprint density at radius 2 is 1.05 bits per heavy atom. The zero-order valence-electron chi connectivity index (χ0n) is 24.0. The third kappa shape index (κ3) is 3.86. The summed E-state index contributed by atoms with van der Waals surface area (Å²) in [6.45, 7) is 6.67. The van der Waals surface area contributed by atoms with Crippen LogP contribution in [0, 0.1) is 11.6 Å². The fourth-order valence-corrected chi connectivity index (χ4v) is 7.94. The third-order valence-electron chi connectivity index (χ3n) is 8.66. The highest BCUT2D eigenvalue weighted by Gasteiger charge is 2.21. The van der Waals surface area contributed by atoms with Gasteiger partial charge >= 0.3 is 0 Å². The number of hydrogen-bond acceptors (Lipinski definition) is 1. The van der Waals surface area contributed by atoms with Crippen molar-refractivity contribution in [3.8, 4) is 11.1 Å². The lowest BCUT2D eigenvalue weighted by Crippen LogP contribution is -1.94. The molecular formula is C41H26F2S. The van der Waals surface area contributed by atoms with Gasteiger partial charge < -0.3 is 0 Å². The molecule has 0 N–H and O–H groups in total. The van der Waals surface area contributed by atoms with Crippen LogP contribution >= 0.6 is 11.3 Å². The largest absolute Gasteiger partial charge is 0.206 e. The lowest BCUT2D eigenvalue weighted by atomic mass is 9.89. The van der Waals surface area contributed by atoms with E-state index in [0.29, 0.717) is 21.5 Å². The molecule has 8 aromatic rings. The van der Waals surface area contributed by atoms with Crippen molar-refractivity contribution in [2.75, 3.05) is 0 Å². The van der Waals surface area contributed by atoms with Gasteiger partial charge in [-0.1, -0.05) is 128 Å². The third-order valence-corrected chi connectivity index (χ3v) is 9.89. The lowest BCUT2D eigenvalue weighted by molar-refractivity contribution is 0.651. The Morgan fingerprint density at radius 1 is 0.591 bits per heavy atom. The molecule has 0 aliphatic carbocycles. The molecule has 3 heteroatoms. The zero-order chi connectivity index (χ0) is 29.9. The van der Waals surface area contributed by atoms with Crippen LogP contribution in [0.25, 0.3) is 76.0 Å². The molecule has 0 aliphatic rings. The second-order valence-corrected chi connectivity index (χ2v) is 12.1. The maximum absolute atomic E-state index is 15.7. The monoisotopic (exact) mass is 588 g/mol. The van der Waals surface area contributed by atoms with E-state index in [1.807, 2.05) is 110 Å². The second-order valence-electron chi connectivity index (χ2n) is 11.1. The van der Waals surface area contributed by atoms with Crippen LogP contribution in [0.4, 0.5) is 8.78 Å². The molecule has 1 aromatic heterocycles. The smallest absolute Gasteiger partial charge is 0.138 e. The molecule has 0 radical (unpaired) electrons. The van der Waals surface area contributed by atoms with Crippen LogP contribution in [0.3, 0.4) is 0 Å². The van der Waals surface area contributed by atoms with Crippen LogP contribution in [-0.2, 0) is 0 Å². The molecule has 0 nitrogen and oxygen atoms in total. The summed E-state index contributed by atoms with van der Waals surface area (Å²) < 4.78 is 32.4. The van der Waals surface area contributed by atoms with Gasteiger partial charge in [-0.15, -0.1) is 11.3 Å². The van der Waals surface area contributed by atoms with Gasteiger partial charge in [-0.2, -0.15) is 0 Å². The van der Waals surface area contributed by atoms with Gasteiger partial charge in [0.25, 0.3) is 0 Å². The average molecular weight is 589 g/mol. The normalized spacial score (nSPS) is 12.0. The van der Waals surface area contributed by atoms with Crippen molar-refractivity contribution in [3.05, 3.63) is 156 Å². The highest BCUT2D eigenvalue weighted by molar-refractivity contribution is 7.20. The van der Waals surface area contributed by atoms with Crippen molar-refractivity contribution in [1.29, 1.82) is 0 Å². The Bertz CT molecular complexity index is 2380. The molecule has 0 atom stereocenters. The quantitative estimate of drug-likeness (QED) is 0.179. The summed E-state index contributed by atoms with van der Waals surface area (Å²) >= 11 is 1.69.